The summed E-state index contributed by atoms with van der Waals surface area (Å²) in [6.45, 7) is 8.93. The molecule has 2 saturated heterocycles. The van der Waals surface area contributed by atoms with E-state index in [2.05, 4.69) is 22.5 Å². The van der Waals surface area contributed by atoms with Crippen molar-refractivity contribution in [1.29, 1.82) is 0 Å². The maximum Gasteiger partial charge on any atom is 0.191 e. The van der Waals surface area contributed by atoms with E-state index in [1.54, 1.807) is 6.26 Å². The number of halogens is 1. The van der Waals surface area contributed by atoms with E-state index >= 15 is 0 Å². The summed E-state index contributed by atoms with van der Waals surface area (Å²) in [6.07, 6.45) is 6.29. The third-order valence-corrected chi connectivity index (χ3v) is 5.19. The molecular formula is C19H33IN4O2. The summed E-state index contributed by atoms with van der Waals surface area (Å²) in [4.78, 5) is 7.36. The van der Waals surface area contributed by atoms with Gasteiger partial charge in [0.05, 0.1) is 12.9 Å². The van der Waals surface area contributed by atoms with Crippen LogP contribution in [0.25, 0.3) is 0 Å². The molecule has 0 aliphatic carbocycles. The average Bonchev–Trinajstić information content (AvgIpc) is 3.39. The van der Waals surface area contributed by atoms with Crippen LogP contribution in [0, 0.1) is 5.92 Å². The molecule has 0 spiro atoms. The van der Waals surface area contributed by atoms with Gasteiger partial charge in [0.2, 0.25) is 0 Å². The first-order chi connectivity index (χ1) is 12.3. The van der Waals surface area contributed by atoms with Crippen molar-refractivity contribution in [3.63, 3.8) is 0 Å². The predicted octanol–water partition coefficient (Wildman–Crippen LogP) is 2.50. The quantitative estimate of drug-likeness (QED) is 0.343. The second-order valence-corrected chi connectivity index (χ2v) is 6.98. The Morgan fingerprint density at radius 3 is 3.00 bits per heavy atom. The summed E-state index contributed by atoms with van der Waals surface area (Å²) < 4.78 is 10.9. The van der Waals surface area contributed by atoms with Crippen LogP contribution in [0.15, 0.2) is 27.8 Å². The number of hydrogen-bond donors (Lipinski definition) is 2. The van der Waals surface area contributed by atoms with E-state index in [1.807, 2.05) is 12.1 Å². The van der Waals surface area contributed by atoms with E-state index in [9.17, 15) is 0 Å². The van der Waals surface area contributed by atoms with Gasteiger partial charge in [0.25, 0.3) is 0 Å². The molecule has 3 heterocycles. The van der Waals surface area contributed by atoms with Crippen molar-refractivity contribution in [3.05, 3.63) is 24.2 Å². The Hall–Kier alpha value is -0.800. The molecule has 26 heavy (non-hydrogen) atoms. The third kappa shape index (κ3) is 6.74. The minimum Gasteiger partial charge on any atom is -0.469 e. The van der Waals surface area contributed by atoms with Crippen LogP contribution < -0.4 is 10.6 Å². The molecular weight excluding hydrogens is 443 g/mol. The van der Waals surface area contributed by atoms with Gasteiger partial charge in [0.15, 0.2) is 5.96 Å². The van der Waals surface area contributed by atoms with Crippen molar-refractivity contribution in [1.82, 2.24) is 15.5 Å². The van der Waals surface area contributed by atoms with Crippen molar-refractivity contribution >= 4 is 29.9 Å². The minimum atomic E-state index is 0. The van der Waals surface area contributed by atoms with E-state index in [-0.39, 0.29) is 24.0 Å². The molecule has 0 bridgehead atoms. The van der Waals surface area contributed by atoms with Gasteiger partial charge in [-0.2, -0.15) is 0 Å². The molecule has 2 fully saturated rings. The zero-order valence-corrected chi connectivity index (χ0v) is 18.1. The number of rotatable bonds is 8. The summed E-state index contributed by atoms with van der Waals surface area (Å²) in [5.41, 5.74) is 0. The van der Waals surface area contributed by atoms with Crippen molar-refractivity contribution < 1.29 is 9.15 Å². The van der Waals surface area contributed by atoms with Crippen LogP contribution >= 0.6 is 24.0 Å². The van der Waals surface area contributed by atoms with Crippen LogP contribution in [0.4, 0.5) is 0 Å². The first-order valence-corrected chi connectivity index (χ1v) is 9.71. The molecule has 3 rings (SSSR count). The van der Waals surface area contributed by atoms with Gasteiger partial charge in [-0.25, -0.2) is 0 Å². The maximum absolute atomic E-state index is 5.46. The third-order valence-electron chi connectivity index (χ3n) is 5.19. The zero-order chi connectivity index (χ0) is 17.3. The standard InChI is InChI=1S/C19H32N4O2.HI/c1-2-23-10-3-5-17(23)14-22-19(21-13-16-8-12-24-15-16)20-9-7-18-6-4-11-25-18;/h4,6,11,16-17H,2-3,5,7-10,12-15H2,1H3,(H2,20,21,22);1H. The van der Waals surface area contributed by atoms with Crippen LogP contribution in [-0.2, 0) is 11.2 Å². The van der Waals surface area contributed by atoms with Crippen LogP contribution in [0.3, 0.4) is 0 Å². The second-order valence-electron chi connectivity index (χ2n) is 6.98. The highest BCUT2D eigenvalue weighted by atomic mass is 127. The first kappa shape index (κ1) is 21.5. The van der Waals surface area contributed by atoms with Gasteiger partial charge >= 0.3 is 0 Å². The topological polar surface area (TPSA) is 62.0 Å². The van der Waals surface area contributed by atoms with E-state index in [0.29, 0.717) is 12.0 Å². The monoisotopic (exact) mass is 476 g/mol. The molecule has 2 N–H and O–H groups in total. The van der Waals surface area contributed by atoms with E-state index in [1.165, 1.54) is 19.4 Å². The Labute approximate surface area is 174 Å². The minimum absolute atomic E-state index is 0. The van der Waals surface area contributed by atoms with Crippen molar-refractivity contribution in [3.8, 4) is 0 Å². The molecule has 7 heteroatoms. The molecule has 2 aliphatic heterocycles. The fraction of sp³-hybridized carbons (Fsp3) is 0.737. The van der Waals surface area contributed by atoms with Crippen molar-refractivity contribution in [2.24, 2.45) is 10.9 Å². The predicted molar refractivity (Wildman–Crippen MR) is 115 cm³/mol. The smallest absolute Gasteiger partial charge is 0.191 e. The molecule has 0 amide bonds. The molecule has 0 radical (unpaired) electrons. The fourth-order valence-electron chi connectivity index (χ4n) is 3.64. The lowest BCUT2D eigenvalue weighted by Gasteiger charge is -2.24. The number of furan rings is 1. The van der Waals surface area contributed by atoms with Gasteiger partial charge in [-0.15, -0.1) is 24.0 Å². The summed E-state index contributed by atoms with van der Waals surface area (Å²) in [5, 5.41) is 7.01. The molecule has 2 unspecified atom stereocenters. The Morgan fingerprint density at radius 2 is 2.27 bits per heavy atom. The number of nitrogens with one attached hydrogen (secondary N) is 2. The number of nitrogens with zero attached hydrogens (tertiary/aromatic N) is 2. The largest absolute Gasteiger partial charge is 0.469 e. The van der Waals surface area contributed by atoms with Gasteiger partial charge in [0.1, 0.15) is 5.76 Å². The second kappa shape index (κ2) is 11.8. The van der Waals surface area contributed by atoms with Gasteiger partial charge in [0, 0.05) is 44.6 Å². The highest BCUT2D eigenvalue weighted by Crippen LogP contribution is 2.15. The van der Waals surface area contributed by atoms with E-state index in [4.69, 9.17) is 14.1 Å². The van der Waals surface area contributed by atoms with Crippen molar-refractivity contribution in [2.45, 2.75) is 38.6 Å². The number of aliphatic imine (C=N–C) groups is 1. The zero-order valence-electron chi connectivity index (χ0n) is 15.8. The molecule has 1 aromatic rings. The van der Waals surface area contributed by atoms with Gasteiger partial charge in [-0.3, -0.25) is 9.89 Å². The molecule has 0 saturated carbocycles. The number of guanidine groups is 1. The van der Waals surface area contributed by atoms with Crippen LogP contribution in [0.2, 0.25) is 0 Å². The molecule has 0 aromatic carbocycles. The Morgan fingerprint density at radius 1 is 1.35 bits per heavy atom. The lowest BCUT2D eigenvalue weighted by Crippen LogP contribution is -2.45. The molecule has 1 aromatic heterocycles. The van der Waals surface area contributed by atoms with Gasteiger partial charge in [-0.05, 0) is 44.5 Å². The first-order valence-electron chi connectivity index (χ1n) is 9.71. The number of ether oxygens (including phenoxy) is 1. The number of likely N-dealkylation sites (tertiary alicyclic amines) is 1. The van der Waals surface area contributed by atoms with Crippen LogP contribution in [-0.4, -0.2) is 62.8 Å². The van der Waals surface area contributed by atoms with Crippen LogP contribution in [0.5, 0.6) is 0 Å². The SMILES string of the molecule is CCN1CCCC1CNC(=NCC1CCOC1)NCCc1ccco1.I. The highest BCUT2D eigenvalue weighted by Gasteiger charge is 2.23. The Bertz CT molecular complexity index is 518. The van der Waals surface area contributed by atoms with Gasteiger partial charge in [-0.1, -0.05) is 6.92 Å². The fourth-order valence-corrected chi connectivity index (χ4v) is 3.64. The molecule has 2 atom stereocenters. The number of likely N-dealkylation sites (N-methyl/N-ethyl adjacent to an activating group) is 1. The van der Waals surface area contributed by atoms with Gasteiger partial charge < -0.3 is 19.8 Å². The normalized spacial score (nSPS) is 23.8. The number of hydrogen-bond acceptors (Lipinski definition) is 4. The maximum atomic E-state index is 5.46. The highest BCUT2D eigenvalue weighted by molar-refractivity contribution is 14.0. The Balaban J connectivity index is 0.00000243. The van der Waals surface area contributed by atoms with E-state index < -0.39 is 0 Å². The Kier molecular flexibility index (Phi) is 9.77. The molecule has 2 aliphatic rings. The lowest BCUT2D eigenvalue weighted by molar-refractivity contribution is 0.187. The lowest BCUT2D eigenvalue weighted by atomic mass is 10.1. The molecule has 148 valence electrons. The summed E-state index contributed by atoms with van der Waals surface area (Å²) in [5.74, 6) is 2.48. The summed E-state index contributed by atoms with van der Waals surface area (Å²) in [7, 11) is 0. The van der Waals surface area contributed by atoms with Crippen LogP contribution in [0.1, 0.15) is 31.9 Å². The summed E-state index contributed by atoms with van der Waals surface area (Å²) >= 11 is 0. The van der Waals surface area contributed by atoms with Crippen molar-refractivity contribution in [2.75, 3.05) is 45.9 Å². The molecule has 6 nitrogen and oxygen atoms in total. The summed E-state index contributed by atoms with van der Waals surface area (Å²) in [6, 6.07) is 4.57. The average molecular weight is 476 g/mol. The van der Waals surface area contributed by atoms with E-state index in [0.717, 1.165) is 64.0 Å².